The van der Waals surface area contributed by atoms with Crippen LogP contribution in [0.5, 0.6) is 5.75 Å². The molecular formula is C31H35F3N2O4. The lowest BCUT2D eigenvalue weighted by Gasteiger charge is -2.40. The van der Waals surface area contributed by atoms with Crippen molar-refractivity contribution in [1.82, 2.24) is 9.80 Å². The molecule has 0 N–H and O–H groups in total. The zero-order valence-electron chi connectivity index (χ0n) is 23.1. The Morgan fingerprint density at radius 3 is 2.62 bits per heavy atom. The molecule has 0 bridgehead atoms. The van der Waals surface area contributed by atoms with Crippen LogP contribution in [0.2, 0.25) is 0 Å². The van der Waals surface area contributed by atoms with E-state index in [1.165, 1.54) is 18.7 Å². The summed E-state index contributed by atoms with van der Waals surface area (Å²) in [5.74, 6) is 0.0719. The molecule has 2 atom stereocenters. The number of carbonyl (C=O) groups is 2. The molecule has 5 rings (SSSR count). The molecule has 3 aliphatic rings. The molecule has 0 unspecified atom stereocenters. The number of alkyl halides is 3. The highest BCUT2D eigenvalue weighted by Gasteiger charge is 2.51. The highest BCUT2D eigenvalue weighted by atomic mass is 19.4. The molecule has 0 spiro atoms. The summed E-state index contributed by atoms with van der Waals surface area (Å²) in [6.07, 6.45) is 0.901. The average Bonchev–Trinajstić information content (AvgIpc) is 3.42. The van der Waals surface area contributed by atoms with Crippen molar-refractivity contribution < 1.29 is 32.2 Å². The van der Waals surface area contributed by atoms with Gasteiger partial charge in [-0.3, -0.25) is 9.69 Å². The molecule has 1 amide bonds. The molecule has 2 aliphatic heterocycles. The van der Waals surface area contributed by atoms with Gasteiger partial charge in [-0.1, -0.05) is 32.1 Å². The topological polar surface area (TPSA) is 59.1 Å². The largest absolute Gasteiger partial charge is 0.473 e. The van der Waals surface area contributed by atoms with Gasteiger partial charge < -0.3 is 14.4 Å². The van der Waals surface area contributed by atoms with Gasteiger partial charge in [-0.25, -0.2) is 4.79 Å². The highest BCUT2D eigenvalue weighted by molar-refractivity contribution is 5.90. The molecule has 1 fully saturated rings. The van der Waals surface area contributed by atoms with Crippen molar-refractivity contribution in [3.63, 3.8) is 0 Å². The van der Waals surface area contributed by atoms with Gasteiger partial charge in [0.15, 0.2) is 6.73 Å². The van der Waals surface area contributed by atoms with Crippen LogP contribution in [-0.2, 0) is 22.3 Å². The minimum Gasteiger partial charge on any atom is -0.473 e. The first-order chi connectivity index (χ1) is 19.0. The summed E-state index contributed by atoms with van der Waals surface area (Å²) in [5.41, 5.74) is 1.78. The van der Waals surface area contributed by atoms with Crippen LogP contribution in [0.1, 0.15) is 66.6 Å². The number of halogens is 3. The van der Waals surface area contributed by atoms with Crippen LogP contribution >= 0.6 is 0 Å². The number of fused-ring (bicyclic) bond motifs is 1. The molecule has 1 saturated carbocycles. The lowest BCUT2D eigenvalue weighted by atomic mass is 9.74. The van der Waals surface area contributed by atoms with Crippen molar-refractivity contribution in [1.29, 1.82) is 0 Å². The van der Waals surface area contributed by atoms with Gasteiger partial charge in [0.25, 0.3) is 0 Å². The Morgan fingerprint density at radius 2 is 1.95 bits per heavy atom. The molecule has 2 aromatic carbocycles. The van der Waals surface area contributed by atoms with Gasteiger partial charge in [0, 0.05) is 24.7 Å². The number of benzene rings is 2. The first kappa shape index (κ1) is 28.2. The molecule has 2 heterocycles. The number of hydrogen-bond donors (Lipinski definition) is 0. The second-order valence-electron chi connectivity index (χ2n) is 11.4. The van der Waals surface area contributed by atoms with Crippen molar-refractivity contribution in [3.05, 3.63) is 70.8 Å². The van der Waals surface area contributed by atoms with Crippen LogP contribution in [0.15, 0.2) is 48.5 Å². The summed E-state index contributed by atoms with van der Waals surface area (Å²) in [4.78, 5) is 29.9. The first-order valence-corrected chi connectivity index (χ1v) is 13.8. The smallest absolute Gasteiger partial charge is 0.416 e. The molecule has 6 nitrogen and oxygen atoms in total. The fourth-order valence-electron chi connectivity index (χ4n) is 6.43. The van der Waals surface area contributed by atoms with Crippen molar-refractivity contribution in [2.45, 2.75) is 58.3 Å². The van der Waals surface area contributed by atoms with Crippen LogP contribution in [0.25, 0.3) is 5.57 Å². The number of esters is 1. The molecule has 40 heavy (non-hydrogen) atoms. The number of hydrogen-bond acceptors (Lipinski definition) is 5. The van der Waals surface area contributed by atoms with E-state index in [9.17, 15) is 22.8 Å². The Bertz CT molecular complexity index is 1320. The zero-order chi connectivity index (χ0) is 28.7. The van der Waals surface area contributed by atoms with Gasteiger partial charge in [0.2, 0.25) is 5.91 Å². The number of methoxy groups -OCH3 is 1. The summed E-state index contributed by atoms with van der Waals surface area (Å²) in [6.45, 7) is 5.87. The van der Waals surface area contributed by atoms with E-state index >= 15 is 0 Å². The van der Waals surface area contributed by atoms with Crippen LogP contribution < -0.4 is 4.74 Å². The standard InChI is InChI=1S/C31H35F3N2O4/c1-20(2)30(29(38)36-18-24-16-25(31(32,33)34)7-8-27(24)40-19-36)12-9-26(17-30)35-13-10-21(11-14-35)22-5-4-6-23(15-22)28(37)39-3/h4-8,10,15-16,20,26H,9,11-14,17-19H2,1-3H3/t26-,30+/m1/s1. The minimum absolute atomic E-state index is 0.0385. The average molecular weight is 557 g/mol. The van der Waals surface area contributed by atoms with E-state index in [4.69, 9.17) is 9.47 Å². The highest BCUT2D eigenvalue weighted by Crippen LogP contribution is 2.48. The summed E-state index contributed by atoms with van der Waals surface area (Å²) < 4.78 is 50.4. The van der Waals surface area contributed by atoms with Gasteiger partial charge >= 0.3 is 12.1 Å². The Morgan fingerprint density at radius 1 is 1.15 bits per heavy atom. The Kier molecular flexibility index (Phi) is 7.70. The van der Waals surface area contributed by atoms with E-state index in [1.807, 2.05) is 18.2 Å². The van der Waals surface area contributed by atoms with Crippen LogP contribution in [0.4, 0.5) is 13.2 Å². The van der Waals surface area contributed by atoms with E-state index in [1.54, 1.807) is 11.0 Å². The molecular weight excluding hydrogens is 521 g/mol. The monoisotopic (exact) mass is 556 g/mol. The Hall–Kier alpha value is -3.33. The lowest BCUT2D eigenvalue weighted by Crippen LogP contribution is -2.49. The van der Waals surface area contributed by atoms with E-state index in [0.29, 0.717) is 23.3 Å². The van der Waals surface area contributed by atoms with E-state index in [0.717, 1.165) is 50.0 Å². The molecule has 1 aliphatic carbocycles. The number of nitrogens with zero attached hydrogens (tertiary/aromatic N) is 2. The van der Waals surface area contributed by atoms with Crippen LogP contribution in [-0.4, -0.2) is 54.6 Å². The zero-order valence-corrected chi connectivity index (χ0v) is 23.1. The van der Waals surface area contributed by atoms with E-state index in [2.05, 4.69) is 24.8 Å². The van der Waals surface area contributed by atoms with Crippen molar-refractivity contribution in [2.24, 2.45) is 11.3 Å². The third-order valence-electron chi connectivity index (χ3n) is 8.88. The van der Waals surface area contributed by atoms with E-state index < -0.39 is 17.2 Å². The summed E-state index contributed by atoms with van der Waals surface area (Å²) >= 11 is 0. The normalized spacial score (nSPS) is 23.4. The van der Waals surface area contributed by atoms with Crippen molar-refractivity contribution >= 4 is 17.4 Å². The Balaban J connectivity index is 1.28. The van der Waals surface area contributed by atoms with Crippen molar-refractivity contribution in [3.8, 4) is 5.75 Å². The minimum atomic E-state index is -4.45. The fraction of sp³-hybridized carbons (Fsp3) is 0.484. The maximum absolute atomic E-state index is 14.0. The molecule has 214 valence electrons. The second-order valence-corrected chi connectivity index (χ2v) is 11.4. The quantitative estimate of drug-likeness (QED) is 0.413. The first-order valence-electron chi connectivity index (χ1n) is 13.8. The molecule has 0 aromatic heterocycles. The number of carbonyl (C=O) groups excluding carboxylic acids is 2. The van der Waals surface area contributed by atoms with Gasteiger partial charge in [0.05, 0.1) is 30.2 Å². The van der Waals surface area contributed by atoms with Gasteiger partial charge in [-0.2, -0.15) is 13.2 Å². The summed E-state index contributed by atoms with van der Waals surface area (Å²) in [6, 6.07) is 11.2. The number of amides is 1. The lowest BCUT2D eigenvalue weighted by molar-refractivity contribution is -0.150. The molecule has 0 saturated heterocycles. The predicted molar refractivity (Wildman–Crippen MR) is 144 cm³/mol. The molecule has 0 radical (unpaired) electrons. The van der Waals surface area contributed by atoms with E-state index in [-0.39, 0.29) is 37.1 Å². The number of ether oxygens (including phenoxy) is 2. The third-order valence-corrected chi connectivity index (χ3v) is 8.88. The summed E-state index contributed by atoms with van der Waals surface area (Å²) in [5, 5.41) is 0. The maximum Gasteiger partial charge on any atom is 0.416 e. The summed E-state index contributed by atoms with van der Waals surface area (Å²) in [7, 11) is 1.37. The maximum atomic E-state index is 14.0. The van der Waals surface area contributed by atoms with Crippen LogP contribution in [0.3, 0.4) is 0 Å². The number of rotatable bonds is 5. The predicted octanol–water partition coefficient (Wildman–Crippen LogP) is 6.15. The molecule has 9 heteroatoms. The van der Waals surface area contributed by atoms with Gasteiger partial charge in [-0.05, 0) is 73.1 Å². The van der Waals surface area contributed by atoms with Crippen molar-refractivity contribution in [2.75, 3.05) is 26.9 Å². The van der Waals surface area contributed by atoms with Gasteiger partial charge in [-0.15, -0.1) is 0 Å². The van der Waals surface area contributed by atoms with Crippen LogP contribution in [0, 0.1) is 11.3 Å². The van der Waals surface area contributed by atoms with Gasteiger partial charge in [0.1, 0.15) is 5.75 Å². The Labute approximate surface area is 232 Å². The molecule has 2 aromatic rings. The third kappa shape index (κ3) is 5.36. The SMILES string of the molecule is COC(=O)c1cccc(C2=CCN([C@@H]3CC[C@@](C(=O)N4COc5ccc(C(F)(F)F)cc5C4)(C(C)C)C3)CC2)c1. The second kappa shape index (κ2) is 10.9. The fourth-order valence-corrected chi connectivity index (χ4v) is 6.43.